The summed E-state index contributed by atoms with van der Waals surface area (Å²) in [6.45, 7) is 0.712. The largest absolute Gasteiger partial charge is 0.388 e. The molecular formula is C11H22N2O2. The molecule has 0 radical (unpaired) electrons. The molecule has 88 valence electrons. The summed E-state index contributed by atoms with van der Waals surface area (Å²) in [6.07, 6.45) is 6.16. The van der Waals surface area contributed by atoms with Crippen molar-refractivity contribution in [1.82, 2.24) is 10.6 Å². The average Bonchev–Trinajstić information content (AvgIpc) is 2.42. The van der Waals surface area contributed by atoms with E-state index in [2.05, 4.69) is 10.6 Å². The Kier molecular flexibility index (Phi) is 5.05. The molecular weight excluding hydrogens is 192 g/mol. The fraction of sp³-hybridized carbons (Fsp3) is 0.909. The molecule has 0 spiro atoms. The molecule has 0 aromatic heterocycles. The van der Waals surface area contributed by atoms with Crippen molar-refractivity contribution in [2.24, 2.45) is 0 Å². The predicted octanol–water partition coefficient (Wildman–Crippen LogP) is 0.407. The van der Waals surface area contributed by atoms with Crippen LogP contribution in [0.1, 0.15) is 38.5 Å². The lowest BCUT2D eigenvalue weighted by atomic mass is 9.94. The van der Waals surface area contributed by atoms with Gasteiger partial charge in [0.2, 0.25) is 5.91 Å². The van der Waals surface area contributed by atoms with Gasteiger partial charge in [-0.25, -0.2) is 0 Å². The Morgan fingerprint density at radius 1 is 1.27 bits per heavy atom. The maximum absolute atomic E-state index is 11.2. The second-order valence-corrected chi connectivity index (χ2v) is 4.45. The van der Waals surface area contributed by atoms with Gasteiger partial charge in [-0.05, 0) is 19.9 Å². The van der Waals surface area contributed by atoms with Crippen LogP contribution in [0.2, 0.25) is 0 Å². The summed E-state index contributed by atoms with van der Waals surface area (Å²) in [7, 11) is 1.74. The number of hydrogen-bond donors (Lipinski definition) is 3. The van der Waals surface area contributed by atoms with E-state index in [4.69, 9.17) is 0 Å². The van der Waals surface area contributed by atoms with Crippen LogP contribution in [-0.2, 0) is 4.79 Å². The predicted molar refractivity (Wildman–Crippen MR) is 59.6 cm³/mol. The van der Waals surface area contributed by atoms with E-state index in [9.17, 15) is 9.90 Å². The fourth-order valence-electron chi connectivity index (χ4n) is 2.05. The van der Waals surface area contributed by atoms with E-state index >= 15 is 0 Å². The van der Waals surface area contributed by atoms with Gasteiger partial charge in [-0.2, -0.15) is 0 Å². The third-order valence-electron chi connectivity index (χ3n) is 2.99. The van der Waals surface area contributed by atoms with Crippen molar-refractivity contribution in [3.05, 3.63) is 0 Å². The Labute approximate surface area is 91.4 Å². The Bertz CT molecular complexity index is 199. The maximum atomic E-state index is 11.2. The minimum Gasteiger partial charge on any atom is -0.388 e. The molecule has 1 amide bonds. The summed E-state index contributed by atoms with van der Waals surface area (Å²) in [6, 6.07) is 0. The Morgan fingerprint density at radius 3 is 2.40 bits per heavy atom. The molecule has 1 fully saturated rings. The lowest BCUT2D eigenvalue weighted by Crippen LogP contribution is -2.44. The number of amides is 1. The molecule has 1 aliphatic carbocycles. The normalized spacial score (nSPS) is 20.7. The van der Waals surface area contributed by atoms with Crippen LogP contribution >= 0.6 is 0 Å². The summed E-state index contributed by atoms with van der Waals surface area (Å²) in [5.41, 5.74) is -0.667. The molecule has 1 rings (SSSR count). The molecule has 4 heteroatoms. The lowest BCUT2D eigenvalue weighted by molar-refractivity contribution is -0.121. The molecule has 0 heterocycles. The molecule has 3 N–H and O–H groups in total. The fourth-order valence-corrected chi connectivity index (χ4v) is 2.05. The molecule has 0 saturated heterocycles. The highest BCUT2D eigenvalue weighted by Gasteiger charge is 2.28. The van der Waals surface area contributed by atoms with Crippen LogP contribution in [0.4, 0.5) is 0 Å². The summed E-state index contributed by atoms with van der Waals surface area (Å²) in [5.74, 6) is -0.0461. The topological polar surface area (TPSA) is 61.4 Å². The standard InChI is InChI=1S/C11H22N2O2/c1-12-8-10(14)13-9-11(15)6-4-2-3-5-7-11/h12,15H,2-9H2,1H3,(H,13,14). The SMILES string of the molecule is CNCC(=O)NCC1(O)CCCCCC1. The Morgan fingerprint density at radius 2 is 1.87 bits per heavy atom. The van der Waals surface area contributed by atoms with Gasteiger partial charge in [-0.15, -0.1) is 0 Å². The molecule has 0 unspecified atom stereocenters. The van der Waals surface area contributed by atoms with Gasteiger partial charge in [0.05, 0.1) is 12.1 Å². The second kappa shape index (κ2) is 6.08. The monoisotopic (exact) mass is 214 g/mol. The second-order valence-electron chi connectivity index (χ2n) is 4.45. The Balaban J connectivity index is 2.30. The molecule has 4 nitrogen and oxygen atoms in total. The van der Waals surface area contributed by atoms with Crippen LogP contribution in [0.3, 0.4) is 0 Å². The first-order chi connectivity index (χ1) is 7.16. The molecule has 0 atom stereocenters. The van der Waals surface area contributed by atoms with Crippen LogP contribution in [0.15, 0.2) is 0 Å². The van der Waals surface area contributed by atoms with Gasteiger partial charge in [0.25, 0.3) is 0 Å². The van der Waals surface area contributed by atoms with Crippen molar-refractivity contribution < 1.29 is 9.90 Å². The van der Waals surface area contributed by atoms with Gasteiger partial charge in [0.15, 0.2) is 0 Å². The minimum atomic E-state index is -0.667. The van der Waals surface area contributed by atoms with E-state index in [-0.39, 0.29) is 5.91 Å². The number of carbonyl (C=O) groups is 1. The summed E-state index contributed by atoms with van der Waals surface area (Å²) < 4.78 is 0. The molecule has 15 heavy (non-hydrogen) atoms. The molecule has 0 aromatic rings. The quantitative estimate of drug-likeness (QED) is 0.594. The summed E-state index contributed by atoms with van der Waals surface area (Å²) in [4.78, 5) is 11.2. The van der Waals surface area contributed by atoms with Gasteiger partial charge < -0.3 is 15.7 Å². The van der Waals surface area contributed by atoms with Crippen molar-refractivity contribution in [3.63, 3.8) is 0 Å². The zero-order chi connectivity index (χ0) is 11.1. The number of rotatable bonds is 4. The van der Waals surface area contributed by atoms with Crippen molar-refractivity contribution in [2.75, 3.05) is 20.1 Å². The van der Waals surface area contributed by atoms with Gasteiger partial charge in [0.1, 0.15) is 0 Å². The van der Waals surface area contributed by atoms with Crippen molar-refractivity contribution >= 4 is 5.91 Å². The van der Waals surface area contributed by atoms with E-state index in [1.165, 1.54) is 12.8 Å². The number of likely N-dealkylation sites (N-methyl/N-ethyl adjacent to an activating group) is 1. The van der Waals surface area contributed by atoms with E-state index in [1.807, 2.05) is 0 Å². The summed E-state index contributed by atoms with van der Waals surface area (Å²) in [5, 5.41) is 15.8. The van der Waals surface area contributed by atoms with Crippen LogP contribution in [0, 0.1) is 0 Å². The number of nitrogens with one attached hydrogen (secondary N) is 2. The van der Waals surface area contributed by atoms with E-state index < -0.39 is 5.60 Å². The van der Waals surface area contributed by atoms with Crippen LogP contribution in [-0.4, -0.2) is 36.8 Å². The first-order valence-corrected chi connectivity index (χ1v) is 5.80. The van der Waals surface area contributed by atoms with E-state index in [0.29, 0.717) is 13.1 Å². The van der Waals surface area contributed by atoms with Crippen LogP contribution in [0.25, 0.3) is 0 Å². The Hall–Kier alpha value is -0.610. The molecule has 1 saturated carbocycles. The van der Waals surface area contributed by atoms with Gasteiger partial charge in [-0.1, -0.05) is 25.7 Å². The average molecular weight is 214 g/mol. The van der Waals surface area contributed by atoms with Crippen LogP contribution in [0.5, 0.6) is 0 Å². The van der Waals surface area contributed by atoms with Crippen molar-refractivity contribution in [2.45, 2.75) is 44.1 Å². The highest BCUT2D eigenvalue weighted by atomic mass is 16.3. The maximum Gasteiger partial charge on any atom is 0.234 e. The third-order valence-corrected chi connectivity index (χ3v) is 2.99. The number of aliphatic hydroxyl groups is 1. The van der Waals surface area contributed by atoms with E-state index in [0.717, 1.165) is 25.7 Å². The number of carbonyl (C=O) groups excluding carboxylic acids is 1. The smallest absolute Gasteiger partial charge is 0.234 e. The van der Waals surface area contributed by atoms with Gasteiger partial charge in [0, 0.05) is 6.54 Å². The number of hydrogen-bond acceptors (Lipinski definition) is 3. The van der Waals surface area contributed by atoms with E-state index in [1.54, 1.807) is 7.05 Å². The highest BCUT2D eigenvalue weighted by Crippen LogP contribution is 2.26. The zero-order valence-corrected chi connectivity index (χ0v) is 9.51. The summed E-state index contributed by atoms with van der Waals surface area (Å²) >= 11 is 0. The van der Waals surface area contributed by atoms with Crippen molar-refractivity contribution in [3.8, 4) is 0 Å². The highest BCUT2D eigenvalue weighted by molar-refractivity contribution is 5.77. The van der Waals surface area contributed by atoms with Crippen molar-refractivity contribution in [1.29, 1.82) is 0 Å². The lowest BCUT2D eigenvalue weighted by Gasteiger charge is -2.26. The molecule has 1 aliphatic rings. The molecule has 0 aliphatic heterocycles. The van der Waals surface area contributed by atoms with Crippen LogP contribution < -0.4 is 10.6 Å². The van der Waals surface area contributed by atoms with Gasteiger partial charge >= 0.3 is 0 Å². The third kappa shape index (κ3) is 4.62. The first kappa shape index (κ1) is 12.5. The molecule has 0 bridgehead atoms. The first-order valence-electron chi connectivity index (χ1n) is 5.80. The zero-order valence-electron chi connectivity index (χ0n) is 9.51. The minimum absolute atomic E-state index is 0.0461. The molecule has 0 aromatic carbocycles. The van der Waals surface area contributed by atoms with Gasteiger partial charge in [-0.3, -0.25) is 4.79 Å².